The molecule has 2 rings (SSSR count). The van der Waals surface area contributed by atoms with E-state index in [4.69, 9.17) is 12.2 Å². The predicted octanol–water partition coefficient (Wildman–Crippen LogP) is 4.78. The van der Waals surface area contributed by atoms with Gasteiger partial charge in [0.05, 0.1) is 0 Å². The zero-order valence-corrected chi connectivity index (χ0v) is 16.9. The van der Waals surface area contributed by atoms with Crippen LogP contribution in [0.1, 0.15) is 57.9 Å². The van der Waals surface area contributed by atoms with Gasteiger partial charge in [-0.1, -0.05) is 56.4 Å². The van der Waals surface area contributed by atoms with Gasteiger partial charge in [0.25, 0.3) is 0 Å². The topological polar surface area (TPSA) is 62.7 Å². The molecule has 142 valence electrons. The first-order valence-electron chi connectivity index (χ1n) is 9.53. The van der Waals surface area contributed by atoms with Crippen LogP contribution in [-0.4, -0.2) is 26.7 Å². The lowest BCUT2D eigenvalue weighted by Gasteiger charge is -2.14. The number of unbranched alkanes of at least 4 members (excludes halogenated alkanes) is 3. The van der Waals surface area contributed by atoms with Crippen molar-refractivity contribution >= 4 is 18.1 Å². The van der Waals surface area contributed by atoms with Crippen LogP contribution in [-0.2, 0) is 11.3 Å². The van der Waals surface area contributed by atoms with Crippen molar-refractivity contribution in [1.29, 1.82) is 0 Å². The number of aryl methyl sites for hydroxylation is 1. The van der Waals surface area contributed by atoms with Crippen LogP contribution in [0.15, 0.2) is 24.3 Å². The maximum absolute atomic E-state index is 12.3. The van der Waals surface area contributed by atoms with Gasteiger partial charge < -0.3 is 5.32 Å². The van der Waals surface area contributed by atoms with E-state index in [2.05, 4.69) is 35.4 Å². The van der Waals surface area contributed by atoms with Gasteiger partial charge in [0.15, 0.2) is 10.6 Å². The molecule has 0 saturated heterocycles. The van der Waals surface area contributed by atoms with Gasteiger partial charge >= 0.3 is 0 Å². The fourth-order valence-corrected chi connectivity index (χ4v) is 3.26. The van der Waals surface area contributed by atoms with Crippen LogP contribution in [0.3, 0.4) is 0 Å². The summed E-state index contributed by atoms with van der Waals surface area (Å²) in [4.78, 5) is 12.3. The minimum absolute atomic E-state index is 0.0614. The molecule has 1 heterocycles. The molecule has 0 aliphatic heterocycles. The quantitative estimate of drug-likeness (QED) is 0.465. The van der Waals surface area contributed by atoms with Gasteiger partial charge in [-0.05, 0) is 38.6 Å². The smallest absolute Gasteiger partial charge is 0.222 e. The molecule has 1 aromatic heterocycles. The van der Waals surface area contributed by atoms with Crippen LogP contribution in [0.25, 0.3) is 11.4 Å². The second-order valence-corrected chi connectivity index (χ2v) is 7.33. The lowest BCUT2D eigenvalue weighted by Crippen LogP contribution is -2.33. The van der Waals surface area contributed by atoms with Gasteiger partial charge in [-0.2, -0.15) is 5.10 Å². The molecule has 1 aromatic carbocycles. The van der Waals surface area contributed by atoms with E-state index in [0.717, 1.165) is 23.4 Å². The second-order valence-electron chi connectivity index (χ2n) is 6.94. The molecule has 2 N–H and O–H groups in total. The Morgan fingerprint density at radius 1 is 1.35 bits per heavy atom. The first-order valence-corrected chi connectivity index (χ1v) is 9.93. The largest absolute Gasteiger partial charge is 0.354 e. The number of carbonyl (C=O) groups is 1. The summed E-state index contributed by atoms with van der Waals surface area (Å²) in [6.45, 7) is 6.85. The number of H-pyrrole nitrogens is 1. The highest BCUT2D eigenvalue weighted by Crippen LogP contribution is 2.18. The van der Waals surface area contributed by atoms with E-state index >= 15 is 0 Å². The van der Waals surface area contributed by atoms with Crippen LogP contribution in [0.5, 0.6) is 0 Å². The molecule has 0 fully saturated rings. The number of hydrogen-bond donors (Lipinski definition) is 2. The van der Waals surface area contributed by atoms with Gasteiger partial charge in [-0.15, -0.1) is 0 Å². The highest BCUT2D eigenvalue weighted by atomic mass is 32.1. The standard InChI is InChI=1S/C20H30N4OS/c1-4-5-6-7-10-16(3)21-18(25)12-13-24-19(22-23-20(24)26)17-11-8-9-15(2)14-17/h8-9,11,14,16H,4-7,10,12-13H2,1-3H3,(H,21,25)(H,23,26). The first kappa shape index (κ1) is 20.4. The van der Waals surface area contributed by atoms with Crippen LogP contribution >= 0.6 is 12.2 Å². The summed E-state index contributed by atoms with van der Waals surface area (Å²) in [6, 6.07) is 8.34. The summed E-state index contributed by atoms with van der Waals surface area (Å²) >= 11 is 5.34. The monoisotopic (exact) mass is 374 g/mol. The molecule has 0 aliphatic carbocycles. The fraction of sp³-hybridized carbons (Fsp3) is 0.550. The third kappa shape index (κ3) is 6.09. The molecule has 0 radical (unpaired) electrons. The maximum Gasteiger partial charge on any atom is 0.222 e. The average molecular weight is 375 g/mol. The number of aromatic nitrogens is 3. The molecule has 0 aliphatic rings. The SMILES string of the molecule is CCCCCCC(C)NC(=O)CCn1c(-c2cccc(C)c2)n[nH]c1=S. The fourth-order valence-electron chi connectivity index (χ4n) is 3.04. The number of nitrogens with one attached hydrogen (secondary N) is 2. The molecular weight excluding hydrogens is 344 g/mol. The Hall–Kier alpha value is -1.95. The Balaban J connectivity index is 1.90. The number of benzene rings is 1. The number of carbonyl (C=O) groups excluding carboxylic acids is 1. The van der Waals surface area contributed by atoms with E-state index < -0.39 is 0 Å². The number of hydrogen-bond acceptors (Lipinski definition) is 3. The normalized spacial score (nSPS) is 12.1. The van der Waals surface area contributed by atoms with Crippen molar-refractivity contribution in [1.82, 2.24) is 20.1 Å². The van der Waals surface area contributed by atoms with E-state index in [-0.39, 0.29) is 11.9 Å². The molecule has 1 atom stereocenters. The summed E-state index contributed by atoms with van der Waals surface area (Å²) in [5.41, 5.74) is 2.17. The molecule has 26 heavy (non-hydrogen) atoms. The zero-order valence-electron chi connectivity index (χ0n) is 16.0. The Morgan fingerprint density at radius 2 is 2.15 bits per heavy atom. The van der Waals surface area contributed by atoms with Gasteiger partial charge in [-0.25, -0.2) is 0 Å². The Morgan fingerprint density at radius 3 is 2.88 bits per heavy atom. The molecule has 2 aromatic rings. The first-order chi connectivity index (χ1) is 12.5. The van der Waals surface area contributed by atoms with Gasteiger partial charge in [0.2, 0.25) is 5.91 Å². The molecule has 1 unspecified atom stereocenters. The minimum atomic E-state index is 0.0614. The molecule has 6 heteroatoms. The molecule has 1 amide bonds. The summed E-state index contributed by atoms with van der Waals surface area (Å²) in [5.74, 6) is 0.838. The van der Waals surface area contributed by atoms with Crippen LogP contribution in [0.2, 0.25) is 0 Å². The van der Waals surface area contributed by atoms with Crippen molar-refractivity contribution in [2.45, 2.75) is 71.9 Å². The third-order valence-electron chi connectivity index (χ3n) is 4.50. The third-order valence-corrected chi connectivity index (χ3v) is 4.81. The van der Waals surface area contributed by atoms with E-state index in [1.807, 2.05) is 29.7 Å². The molecular formula is C20H30N4OS. The van der Waals surface area contributed by atoms with Gasteiger partial charge in [0, 0.05) is 24.6 Å². The second kappa shape index (κ2) is 10.3. The lowest BCUT2D eigenvalue weighted by atomic mass is 10.1. The van der Waals surface area contributed by atoms with Crippen molar-refractivity contribution in [2.75, 3.05) is 0 Å². The molecule has 0 spiro atoms. The Bertz CT molecular complexity index is 765. The summed E-state index contributed by atoms with van der Waals surface area (Å²) in [7, 11) is 0. The van der Waals surface area contributed by atoms with Crippen LogP contribution < -0.4 is 5.32 Å². The summed E-state index contributed by atoms with van der Waals surface area (Å²) < 4.78 is 2.44. The Labute approximate surface area is 161 Å². The number of aromatic amines is 1. The molecule has 5 nitrogen and oxygen atoms in total. The highest BCUT2D eigenvalue weighted by molar-refractivity contribution is 7.71. The van der Waals surface area contributed by atoms with Crippen molar-refractivity contribution in [3.8, 4) is 11.4 Å². The van der Waals surface area contributed by atoms with Crippen molar-refractivity contribution < 1.29 is 4.79 Å². The van der Waals surface area contributed by atoms with Gasteiger partial charge in [-0.3, -0.25) is 14.5 Å². The van der Waals surface area contributed by atoms with Crippen LogP contribution in [0, 0.1) is 11.7 Å². The predicted molar refractivity (Wildman–Crippen MR) is 109 cm³/mol. The number of rotatable bonds is 10. The van der Waals surface area contributed by atoms with E-state index in [0.29, 0.717) is 17.7 Å². The highest BCUT2D eigenvalue weighted by Gasteiger charge is 2.12. The number of nitrogens with zero attached hydrogens (tertiary/aromatic N) is 2. The van der Waals surface area contributed by atoms with Crippen LogP contribution in [0.4, 0.5) is 0 Å². The maximum atomic E-state index is 12.3. The summed E-state index contributed by atoms with van der Waals surface area (Å²) in [5, 5.41) is 10.3. The molecule has 0 saturated carbocycles. The van der Waals surface area contributed by atoms with Crippen molar-refractivity contribution in [3.63, 3.8) is 0 Å². The van der Waals surface area contributed by atoms with Crippen molar-refractivity contribution in [2.24, 2.45) is 0 Å². The van der Waals surface area contributed by atoms with Crippen molar-refractivity contribution in [3.05, 3.63) is 34.6 Å². The summed E-state index contributed by atoms with van der Waals surface area (Å²) in [6.07, 6.45) is 6.33. The van der Waals surface area contributed by atoms with E-state index in [1.54, 1.807) is 0 Å². The number of amides is 1. The lowest BCUT2D eigenvalue weighted by molar-refractivity contribution is -0.121. The zero-order chi connectivity index (χ0) is 18.9. The average Bonchev–Trinajstić information content (AvgIpc) is 2.97. The van der Waals surface area contributed by atoms with Gasteiger partial charge in [0.1, 0.15) is 0 Å². The Kier molecular flexibility index (Phi) is 8.04. The van der Waals surface area contributed by atoms with E-state index in [1.165, 1.54) is 25.7 Å². The molecule has 0 bridgehead atoms. The van der Waals surface area contributed by atoms with E-state index in [9.17, 15) is 4.79 Å². The minimum Gasteiger partial charge on any atom is -0.354 e.